The van der Waals surface area contributed by atoms with Crippen LogP contribution in [0.15, 0.2) is 30.3 Å². The van der Waals surface area contributed by atoms with E-state index in [1.54, 1.807) is 0 Å². The Morgan fingerprint density at radius 1 is 1.06 bits per heavy atom. The minimum absolute atomic E-state index is 0.220. The van der Waals surface area contributed by atoms with Gasteiger partial charge >= 0.3 is 12.4 Å². The lowest BCUT2D eigenvalue weighted by molar-refractivity contribution is -0.242. The standard InChI is InChI=1S/C17H7Cl3F6N2O2S/c18-12-3-9(4-13(19)14(12)20)15(17(24,25)26)7-28(31(29)30-15)10-2-1-8(6-27)11(5-10)16(21,22)23/h1-5H,7H2/t15-,31-/m1/s1. The first-order valence-corrected chi connectivity index (χ1v) is 10.1. The monoisotopic (exact) mass is 522 g/mol. The maximum atomic E-state index is 14.1. The minimum atomic E-state index is -5.17. The van der Waals surface area contributed by atoms with Gasteiger partial charge in [-0.05, 0) is 35.9 Å². The van der Waals surface area contributed by atoms with Crippen molar-refractivity contribution in [3.63, 3.8) is 0 Å². The van der Waals surface area contributed by atoms with Crippen LogP contribution in [0.2, 0.25) is 15.1 Å². The summed E-state index contributed by atoms with van der Waals surface area (Å²) in [6.45, 7) is -1.18. The summed E-state index contributed by atoms with van der Waals surface area (Å²) < 4.78 is 99.7. The van der Waals surface area contributed by atoms with Gasteiger partial charge in [0.1, 0.15) is 0 Å². The summed E-state index contributed by atoms with van der Waals surface area (Å²) >= 11 is 14.6. The third kappa shape index (κ3) is 4.19. The van der Waals surface area contributed by atoms with E-state index in [-0.39, 0.29) is 15.1 Å². The quantitative estimate of drug-likeness (QED) is 0.338. The molecule has 1 saturated heterocycles. The number of hydrogen-bond donors (Lipinski definition) is 0. The second-order valence-electron chi connectivity index (χ2n) is 6.26. The lowest BCUT2D eigenvalue weighted by atomic mass is 9.92. The molecule has 0 saturated carbocycles. The van der Waals surface area contributed by atoms with Crippen molar-refractivity contribution < 1.29 is 34.7 Å². The molecule has 166 valence electrons. The van der Waals surface area contributed by atoms with Gasteiger partial charge in [0.15, 0.2) is 0 Å². The number of rotatable bonds is 2. The Balaban J connectivity index is 2.14. The molecule has 0 aliphatic carbocycles. The molecule has 1 fully saturated rings. The van der Waals surface area contributed by atoms with Crippen molar-refractivity contribution in [2.24, 2.45) is 0 Å². The Labute approximate surface area is 188 Å². The van der Waals surface area contributed by atoms with E-state index in [9.17, 15) is 30.6 Å². The van der Waals surface area contributed by atoms with Crippen molar-refractivity contribution in [3.8, 4) is 6.07 Å². The van der Waals surface area contributed by atoms with Crippen molar-refractivity contribution in [2.75, 3.05) is 10.8 Å². The summed E-state index contributed by atoms with van der Waals surface area (Å²) in [5.74, 6) is 0. The van der Waals surface area contributed by atoms with E-state index in [1.165, 1.54) is 6.07 Å². The van der Waals surface area contributed by atoms with Crippen LogP contribution in [0.1, 0.15) is 16.7 Å². The molecular formula is C17H7Cl3F6N2O2S. The van der Waals surface area contributed by atoms with Crippen LogP contribution >= 0.6 is 34.8 Å². The van der Waals surface area contributed by atoms with Gasteiger partial charge in [-0.3, -0.25) is 8.49 Å². The summed E-state index contributed by atoms with van der Waals surface area (Å²) in [6, 6.07) is 5.12. The fourth-order valence-corrected chi connectivity index (χ4v) is 4.62. The van der Waals surface area contributed by atoms with Crippen LogP contribution in [0.3, 0.4) is 0 Å². The molecule has 1 aliphatic rings. The van der Waals surface area contributed by atoms with Crippen LogP contribution < -0.4 is 4.31 Å². The molecule has 0 spiro atoms. The van der Waals surface area contributed by atoms with Gasteiger partial charge in [-0.1, -0.05) is 34.8 Å². The number of alkyl halides is 6. The van der Waals surface area contributed by atoms with Crippen LogP contribution in [-0.4, -0.2) is 16.9 Å². The average molecular weight is 524 g/mol. The van der Waals surface area contributed by atoms with Crippen LogP contribution in [0.25, 0.3) is 0 Å². The van der Waals surface area contributed by atoms with Crippen LogP contribution in [0.5, 0.6) is 0 Å². The minimum Gasteiger partial charge on any atom is -0.265 e. The summed E-state index contributed by atoms with van der Waals surface area (Å²) in [5.41, 5.74) is -6.52. The summed E-state index contributed by atoms with van der Waals surface area (Å²) in [7, 11) is 0. The zero-order valence-electron chi connectivity index (χ0n) is 14.6. The van der Waals surface area contributed by atoms with E-state index >= 15 is 0 Å². The molecule has 2 atom stereocenters. The topological polar surface area (TPSA) is 53.3 Å². The summed E-state index contributed by atoms with van der Waals surface area (Å²) in [6.07, 6.45) is -10.1. The third-order valence-electron chi connectivity index (χ3n) is 4.38. The van der Waals surface area contributed by atoms with Gasteiger partial charge in [0.05, 0.1) is 44.5 Å². The van der Waals surface area contributed by atoms with Gasteiger partial charge in [0.2, 0.25) is 5.60 Å². The number of halogens is 9. The van der Waals surface area contributed by atoms with Gasteiger partial charge in [0.25, 0.3) is 11.3 Å². The predicted molar refractivity (Wildman–Crippen MR) is 102 cm³/mol. The Kier molecular flexibility index (Phi) is 6.19. The fraction of sp³-hybridized carbons (Fsp3) is 0.235. The molecule has 3 rings (SSSR count). The highest BCUT2D eigenvalue weighted by molar-refractivity contribution is 7.82. The Morgan fingerprint density at radius 3 is 2.13 bits per heavy atom. The predicted octanol–water partition coefficient (Wildman–Crippen LogP) is 6.41. The smallest absolute Gasteiger partial charge is 0.265 e. The molecule has 0 bridgehead atoms. The first-order chi connectivity index (χ1) is 14.2. The molecule has 2 aromatic rings. The van der Waals surface area contributed by atoms with Gasteiger partial charge in [-0.25, -0.2) is 4.21 Å². The van der Waals surface area contributed by atoms with Crippen LogP contribution in [-0.2, 0) is 27.2 Å². The molecule has 0 unspecified atom stereocenters. The molecule has 0 amide bonds. The molecule has 1 aliphatic heterocycles. The molecule has 2 aromatic carbocycles. The molecule has 4 nitrogen and oxygen atoms in total. The van der Waals surface area contributed by atoms with Crippen molar-refractivity contribution in [1.29, 1.82) is 5.26 Å². The highest BCUT2D eigenvalue weighted by Gasteiger charge is 2.64. The van der Waals surface area contributed by atoms with E-state index in [1.807, 2.05) is 0 Å². The molecule has 0 radical (unpaired) electrons. The zero-order chi connectivity index (χ0) is 23.4. The maximum Gasteiger partial charge on any atom is 0.424 e. The van der Waals surface area contributed by atoms with Gasteiger partial charge < -0.3 is 0 Å². The molecule has 14 heteroatoms. The van der Waals surface area contributed by atoms with Crippen molar-refractivity contribution in [1.82, 2.24) is 0 Å². The molecular weight excluding hydrogens is 517 g/mol. The van der Waals surface area contributed by atoms with Crippen molar-refractivity contribution >= 4 is 51.8 Å². The number of nitrogens with zero attached hydrogens (tertiary/aromatic N) is 2. The normalized spacial score (nSPS) is 21.9. The van der Waals surface area contributed by atoms with E-state index in [0.717, 1.165) is 24.3 Å². The van der Waals surface area contributed by atoms with Gasteiger partial charge in [-0.2, -0.15) is 31.6 Å². The number of nitriles is 1. The highest BCUT2D eigenvalue weighted by Crippen LogP contribution is 2.50. The van der Waals surface area contributed by atoms with E-state index < -0.39 is 58.1 Å². The first kappa shape index (κ1) is 23.9. The van der Waals surface area contributed by atoms with Gasteiger partial charge in [0, 0.05) is 0 Å². The second kappa shape index (κ2) is 8.01. The van der Waals surface area contributed by atoms with Gasteiger partial charge in [-0.15, -0.1) is 0 Å². The Hall–Kier alpha value is -1.71. The van der Waals surface area contributed by atoms with Crippen LogP contribution in [0.4, 0.5) is 32.0 Å². The largest absolute Gasteiger partial charge is 0.424 e. The van der Waals surface area contributed by atoms with E-state index in [4.69, 9.17) is 44.2 Å². The molecule has 0 N–H and O–H groups in total. The van der Waals surface area contributed by atoms with E-state index in [0.29, 0.717) is 10.4 Å². The maximum absolute atomic E-state index is 14.1. The Bertz CT molecular complexity index is 1100. The lowest BCUT2D eigenvalue weighted by Gasteiger charge is -2.29. The van der Waals surface area contributed by atoms with Crippen LogP contribution in [0, 0.1) is 11.3 Å². The lowest BCUT2D eigenvalue weighted by Crippen LogP contribution is -2.46. The van der Waals surface area contributed by atoms with Crippen molar-refractivity contribution in [2.45, 2.75) is 18.0 Å². The average Bonchev–Trinajstić information content (AvgIpc) is 3.03. The number of benzene rings is 2. The number of hydrogen-bond acceptors (Lipinski definition) is 3. The number of anilines is 1. The van der Waals surface area contributed by atoms with Crippen molar-refractivity contribution in [3.05, 3.63) is 62.1 Å². The highest BCUT2D eigenvalue weighted by atomic mass is 35.5. The summed E-state index contributed by atoms with van der Waals surface area (Å²) in [4.78, 5) is 0. The Morgan fingerprint density at radius 2 is 1.65 bits per heavy atom. The van der Waals surface area contributed by atoms with E-state index in [2.05, 4.69) is 0 Å². The molecule has 31 heavy (non-hydrogen) atoms. The molecule has 0 aromatic heterocycles. The third-order valence-corrected chi connectivity index (χ3v) is 6.71. The molecule has 1 heterocycles. The first-order valence-electron chi connectivity index (χ1n) is 7.93. The zero-order valence-corrected chi connectivity index (χ0v) is 17.7. The SMILES string of the molecule is N#Cc1ccc(N2C[C@@](c3cc(Cl)c(Cl)c(Cl)c3)(C(F)(F)F)O[S@]2=O)cc1C(F)(F)F. The fourth-order valence-electron chi connectivity index (χ4n) is 2.87. The second-order valence-corrected chi connectivity index (χ2v) is 8.49. The summed E-state index contributed by atoms with van der Waals surface area (Å²) in [5, 5.41) is 7.98.